The number of amides is 1. The van der Waals surface area contributed by atoms with E-state index in [1.54, 1.807) is 22.9 Å². The van der Waals surface area contributed by atoms with Crippen molar-refractivity contribution in [1.29, 1.82) is 0 Å². The fourth-order valence-corrected chi connectivity index (χ4v) is 0.342. The average molecular weight is 224 g/mol. The van der Waals surface area contributed by atoms with Crippen LogP contribution in [0.5, 0.6) is 0 Å². The number of terminal acetylenes is 1. The van der Waals surface area contributed by atoms with Gasteiger partial charge >= 0.3 is 0 Å². The molecule has 4 heteroatoms. The van der Waals surface area contributed by atoms with Gasteiger partial charge in [0.2, 0.25) is 0 Å². The Morgan fingerprint density at radius 2 is 2.50 bits per heavy atom. The average Bonchev–Trinajstić information content (AvgIpc) is 1.67. The molecule has 0 aromatic carbocycles. The summed E-state index contributed by atoms with van der Waals surface area (Å²) in [5.74, 6) is 2.15. The van der Waals surface area contributed by atoms with Crippen LogP contribution in [-0.2, 0) is 0 Å². The zero-order chi connectivity index (χ0) is 6.57. The molecule has 0 aliphatic rings. The van der Waals surface area contributed by atoms with Crippen LogP contribution < -0.4 is 5.11 Å². The summed E-state index contributed by atoms with van der Waals surface area (Å²) in [4.78, 5) is 9.80. The molecule has 0 saturated carbocycles. The second kappa shape index (κ2) is 3.55. The minimum Gasteiger partial charge on any atom is -0.529 e. The number of carbonyl (C=O) groups excluding carboxylic acids is 1. The number of hydrogen-bond donors (Lipinski definition) is 0. The molecule has 0 bridgehead atoms. The number of halogens is 1. The van der Waals surface area contributed by atoms with Crippen LogP contribution in [0.25, 0.3) is 0 Å². The predicted molar refractivity (Wildman–Crippen MR) is 35.0 cm³/mol. The second-order valence-electron chi connectivity index (χ2n) is 0.990. The first-order valence-corrected chi connectivity index (χ1v) is 2.72. The zero-order valence-electron chi connectivity index (χ0n) is 3.93. The van der Waals surface area contributed by atoms with Gasteiger partial charge in [0.1, 0.15) is 6.09 Å². The van der Waals surface area contributed by atoms with Crippen LogP contribution in [0.15, 0.2) is 0 Å². The summed E-state index contributed by atoms with van der Waals surface area (Å²) >= 11 is 1.56. The fraction of sp³-hybridized carbons (Fsp3) is 0.250. The molecule has 0 aromatic rings. The molecule has 0 atom stereocenters. The minimum absolute atomic E-state index is 0.0723. The molecule has 0 unspecified atom stereocenters. The SMILES string of the molecule is C#CCN(I)C(=O)[O-]. The minimum atomic E-state index is -1.26. The van der Waals surface area contributed by atoms with E-state index in [1.807, 2.05) is 0 Å². The Hall–Kier alpha value is -0.440. The van der Waals surface area contributed by atoms with Crippen LogP contribution in [0.3, 0.4) is 0 Å². The molecule has 3 nitrogen and oxygen atoms in total. The standard InChI is InChI=1S/C4H4INO2/c1-2-3-6(5)4(7)8/h1H,3H2,(H,7,8)/p-1. The molecule has 0 heterocycles. The largest absolute Gasteiger partial charge is 0.529 e. The van der Waals surface area contributed by atoms with E-state index in [1.165, 1.54) is 0 Å². The smallest absolute Gasteiger partial charge is 0.147 e. The number of rotatable bonds is 1. The molecular formula is C4H3INO2-. The number of carboxylic acid groups (broad SMARTS) is 1. The van der Waals surface area contributed by atoms with Crippen molar-refractivity contribution < 1.29 is 9.90 Å². The van der Waals surface area contributed by atoms with Crippen LogP contribution in [0.4, 0.5) is 4.79 Å². The van der Waals surface area contributed by atoms with Gasteiger partial charge in [-0.05, 0) is 0 Å². The highest BCUT2D eigenvalue weighted by Crippen LogP contribution is 1.93. The summed E-state index contributed by atoms with van der Waals surface area (Å²) in [6.45, 7) is 0.0723. The monoisotopic (exact) mass is 224 g/mol. The molecule has 0 spiro atoms. The molecule has 0 rings (SSSR count). The van der Waals surface area contributed by atoms with Crippen molar-refractivity contribution in [2.45, 2.75) is 0 Å². The van der Waals surface area contributed by atoms with Gasteiger partial charge in [-0.3, -0.25) is 3.11 Å². The van der Waals surface area contributed by atoms with Crippen molar-refractivity contribution in [1.82, 2.24) is 3.11 Å². The lowest BCUT2D eigenvalue weighted by Gasteiger charge is -2.11. The van der Waals surface area contributed by atoms with E-state index in [-0.39, 0.29) is 6.54 Å². The summed E-state index contributed by atoms with van der Waals surface area (Å²) in [7, 11) is 0. The molecule has 0 fully saturated rings. The van der Waals surface area contributed by atoms with E-state index in [2.05, 4.69) is 5.92 Å². The molecule has 1 amide bonds. The highest BCUT2D eigenvalue weighted by atomic mass is 127. The third-order valence-corrected chi connectivity index (χ3v) is 1.16. The lowest BCUT2D eigenvalue weighted by molar-refractivity contribution is -0.256. The number of nitrogens with zero attached hydrogens (tertiary/aromatic N) is 1. The Balaban J connectivity index is 3.52. The molecule has 0 aromatic heterocycles. The normalized spacial score (nSPS) is 7.50. The van der Waals surface area contributed by atoms with E-state index in [0.717, 1.165) is 3.11 Å². The van der Waals surface area contributed by atoms with Gasteiger partial charge < -0.3 is 9.90 Å². The summed E-state index contributed by atoms with van der Waals surface area (Å²) in [6, 6.07) is 0. The van der Waals surface area contributed by atoms with Crippen LogP contribution in [0, 0.1) is 12.3 Å². The number of hydrogen-bond acceptors (Lipinski definition) is 2. The van der Waals surface area contributed by atoms with Gasteiger partial charge in [-0.2, -0.15) is 0 Å². The lowest BCUT2D eigenvalue weighted by atomic mass is 10.7. The van der Waals surface area contributed by atoms with Gasteiger partial charge in [0.15, 0.2) is 0 Å². The van der Waals surface area contributed by atoms with Crippen molar-refractivity contribution in [2.75, 3.05) is 6.54 Å². The first kappa shape index (κ1) is 7.56. The lowest BCUT2D eigenvalue weighted by Crippen LogP contribution is -2.34. The van der Waals surface area contributed by atoms with E-state index in [9.17, 15) is 9.90 Å². The van der Waals surface area contributed by atoms with Gasteiger partial charge in [0.25, 0.3) is 0 Å². The topological polar surface area (TPSA) is 43.4 Å². The quantitative estimate of drug-likeness (QED) is 0.346. The Morgan fingerprint density at radius 3 is 2.62 bits per heavy atom. The van der Waals surface area contributed by atoms with E-state index in [4.69, 9.17) is 6.42 Å². The van der Waals surface area contributed by atoms with E-state index < -0.39 is 6.09 Å². The van der Waals surface area contributed by atoms with Crippen LogP contribution >= 0.6 is 22.9 Å². The van der Waals surface area contributed by atoms with Crippen molar-refractivity contribution in [3.8, 4) is 12.3 Å². The summed E-state index contributed by atoms with van der Waals surface area (Å²) in [5.41, 5.74) is 0. The van der Waals surface area contributed by atoms with Crippen molar-refractivity contribution >= 4 is 29.0 Å². The molecule has 0 radical (unpaired) electrons. The van der Waals surface area contributed by atoms with Crippen LogP contribution in [0.1, 0.15) is 0 Å². The van der Waals surface area contributed by atoms with Gasteiger partial charge in [-0.25, -0.2) is 0 Å². The van der Waals surface area contributed by atoms with Gasteiger partial charge in [-0.15, -0.1) is 6.42 Å². The number of carbonyl (C=O) groups is 1. The Morgan fingerprint density at radius 1 is 2.00 bits per heavy atom. The highest BCUT2D eigenvalue weighted by Gasteiger charge is 1.91. The molecule has 0 aliphatic carbocycles. The molecule has 0 N–H and O–H groups in total. The van der Waals surface area contributed by atoms with E-state index in [0.29, 0.717) is 0 Å². The van der Waals surface area contributed by atoms with Gasteiger partial charge in [-0.1, -0.05) is 5.92 Å². The van der Waals surface area contributed by atoms with E-state index >= 15 is 0 Å². The first-order chi connectivity index (χ1) is 3.68. The van der Waals surface area contributed by atoms with Crippen molar-refractivity contribution in [3.63, 3.8) is 0 Å². The Kier molecular flexibility index (Phi) is 3.35. The second-order valence-corrected chi connectivity index (χ2v) is 2.15. The Bertz CT molecular complexity index is 128. The molecule has 8 heavy (non-hydrogen) atoms. The third kappa shape index (κ3) is 2.69. The molecule has 44 valence electrons. The van der Waals surface area contributed by atoms with Crippen LogP contribution in [-0.4, -0.2) is 15.8 Å². The third-order valence-electron chi connectivity index (χ3n) is 0.428. The fourth-order valence-electron chi connectivity index (χ4n) is 0.145. The maximum atomic E-state index is 9.80. The van der Waals surface area contributed by atoms with Gasteiger partial charge in [0, 0.05) is 0 Å². The Labute approximate surface area is 61.2 Å². The predicted octanol–water partition coefficient (Wildman–Crippen LogP) is -0.385. The maximum absolute atomic E-state index is 9.80. The molecule has 0 saturated heterocycles. The van der Waals surface area contributed by atoms with Crippen molar-refractivity contribution in [3.05, 3.63) is 0 Å². The summed E-state index contributed by atoms with van der Waals surface area (Å²) < 4.78 is 0.887. The van der Waals surface area contributed by atoms with Gasteiger partial charge in [0.05, 0.1) is 29.4 Å². The zero-order valence-corrected chi connectivity index (χ0v) is 6.08. The summed E-state index contributed by atoms with van der Waals surface area (Å²) in [5, 5.41) is 9.80. The molecular weight excluding hydrogens is 221 g/mol. The maximum Gasteiger partial charge on any atom is 0.147 e. The first-order valence-electron chi connectivity index (χ1n) is 1.76. The van der Waals surface area contributed by atoms with Crippen molar-refractivity contribution in [2.24, 2.45) is 0 Å². The summed E-state index contributed by atoms with van der Waals surface area (Å²) in [6.07, 6.45) is 3.52. The van der Waals surface area contributed by atoms with Crippen LogP contribution in [0.2, 0.25) is 0 Å². The molecule has 0 aliphatic heterocycles. The highest BCUT2D eigenvalue weighted by molar-refractivity contribution is 14.1.